The fourth-order valence-electron chi connectivity index (χ4n) is 3.56. The number of aromatic nitrogens is 3. The van der Waals surface area contributed by atoms with Crippen LogP contribution in [0.15, 0.2) is 59.8 Å². The van der Waals surface area contributed by atoms with Crippen LogP contribution in [0.1, 0.15) is 31.0 Å². The van der Waals surface area contributed by atoms with Crippen molar-refractivity contribution in [1.82, 2.24) is 19.8 Å². The van der Waals surface area contributed by atoms with Crippen molar-refractivity contribution >= 4 is 17.7 Å². The molecule has 0 saturated carbocycles. The largest absolute Gasteiger partial charge is 0.342 e. The van der Waals surface area contributed by atoms with E-state index in [1.807, 2.05) is 53.8 Å². The Morgan fingerprint density at radius 3 is 2.41 bits per heavy atom. The number of benzene rings is 2. The van der Waals surface area contributed by atoms with Gasteiger partial charge in [-0.1, -0.05) is 71.9 Å². The Balaban J connectivity index is 1.76. The highest BCUT2D eigenvalue weighted by atomic mass is 32.2. The molecule has 0 aliphatic carbocycles. The predicted octanol–water partition coefficient (Wildman–Crippen LogP) is 3.88. The Morgan fingerprint density at radius 1 is 1.07 bits per heavy atom. The first-order valence-electron chi connectivity index (χ1n) is 9.91. The van der Waals surface area contributed by atoms with Crippen molar-refractivity contribution in [3.63, 3.8) is 0 Å². The zero-order valence-corrected chi connectivity index (χ0v) is 17.7. The van der Waals surface area contributed by atoms with Crippen LogP contribution in [0.5, 0.6) is 0 Å². The highest BCUT2D eigenvalue weighted by Crippen LogP contribution is 2.39. The Kier molecular flexibility index (Phi) is 5.58. The standard InChI is InChI=1S/C22H25N5OS/c1-4-26(5-2)21(28)19-18(16-13-11-15(3)12-14-16)25-27-20(23-24-22(27)29-19)17-9-7-6-8-10-17/h6-14,18-19,25H,4-5H2,1-3H3/t18-,19+/m1/s1. The summed E-state index contributed by atoms with van der Waals surface area (Å²) in [5.41, 5.74) is 6.79. The maximum Gasteiger partial charge on any atom is 0.238 e. The van der Waals surface area contributed by atoms with Crippen LogP contribution in [0.4, 0.5) is 0 Å². The van der Waals surface area contributed by atoms with E-state index in [0.29, 0.717) is 18.2 Å². The van der Waals surface area contributed by atoms with E-state index in [-0.39, 0.29) is 17.2 Å². The van der Waals surface area contributed by atoms with Gasteiger partial charge in [-0.05, 0) is 26.3 Å². The maximum atomic E-state index is 13.3. The van der Waals surface area contributed by atoms with Crippen LogP contribution < -0.4 is 5.43 Å². The van der Waals surface area contributed by atoms with Crippen LogP contribution in [-0.4, -0.2) is 44.0 Å². The van der Waals surface area contributed by atoms with Crippen LogP contribution in [0.3, 0.4) is 0 Å². The summed E-state index contributed by atoms with van der Waals surface area (Å²) in [5.74, 6) is 0.868. The number of fused-ring (bicyclic) bond motifs is 1. The van der Waals surface area contributed by atoms with Gasteiger partial charge in [-0.2, -0.15) is 0 Å². The van der Waals surface area contributed by atoms with Gasteiger partial charge in [0.2, 0.25) is 11.1 Å². The number of aryl methyl sites for hydroxylation is 1. The number of carbonyl (C=O) groups is 1. The third-order valence-electron chi connectivity index (χ3n) is 5.22. The summed E-state index contributed by atoms with van der Waals surface area (Å²) < 4.78 is 1.91. The molecular weight excluding hydrogens is 382 g/mol. The molecule has 0 saturated heterocycles. The van der Waals surface area contributed by atoms with E-state index in [0.717, 1.165) is 17.0 Å². The number of amides is 1. The second kappa shape index (κ2) is 8.29. The second-order valence-electron chi connectivity index (χ2n) is 7.07. The molecule has 1 N–H and O–H groups in total. The Bertz CT molecular complexity index is 982. The Labute approximate surface area is 175 Å². The first kappa shape index (κ1) is 19.5. The van der Waals surface area contributed by atoms with Crippen molar-refractivity contribution in [2.45, 2.75) is 37.2 Å². The number of nitrogens with one attached hydrogen (secondary N) is 1. The minimum Gasteiger partial charge on any atom is -0.342 e. The molecule has 150 valence electrons. The molecule has 0 spiro atoms. The lowest BCUT2D eigenvalue weighted by atomic mass is 10.0. The van der Waals surface area contributed by atoms with Gasteiger partial charge in [0.1, 0.15) is 5.25 Å². The zero-order valence-electron chi connectivity index (χ0n) is 16.9. The lowest BCUT2D eigenvalue weighted by molar-refractivity contribution is -0.130. The molecule has 0 bridgehead atoms. The number of rotatable bonds is 5. The van der Waals surface area contributed by atoms with Gasteiger partial charge in [0.15, 0.2) is 5.82 Å². The lowest BCUT2D eigenvalue weighted by Crippen LogP contribution is -2.46. The second-order valence-corrected chi connectivity index (χ2v) is 8.18. The van der Waals surface area contributed by atoms with E-state index in [1.165, 1.54) is 17.3 Å². The lowest BCUT2D eigenvalue weighted by Gasteiger charge is -2.35. The van der Waals surface area contributed by atoms with Crippen molar-refractivity contribution in [3.8, 4) is 11.4 Å². The number of hydrogen-bond acceptors (Lipinski definition) is 5. The fraction of sp³-hybridized carbons (Fsp3) is 0.318. The van der Waals surface area contributed by atoms with E-state index in [2.05, 4.69) is 46.8 Å². The summed E-state index contributed by atoms with van der Waals surface area (Å²) in [6, 6.07) is 18.1. The van der Waals surface area contributed by atoms with Crippen LogP contribution in [-0.2, 0) is 4.79 Å². The van der Waals surface area contributed by atoms with E-state index >= 15 is 0 Å². The molecule has 1 amide bonds. The summed E-state index contributed by atoms with van der Waals surface area (Å²) in [4.78, 5) is 15.2. The van der Waals surface area contributed by atoms with Gasteiger partial charge >= 0.3 is 0 Å². The molecule has 2 atom stereocenters. The Morgan fingerprint density at radius 2 is 1.76 bits per heavy atom. The SMILES string of the molecule is CCN(CC)C(=O)[C@H]1Sc2nnc(-c3ccccc3)n2N[C@@H]1c1ccc(C)cc1. The molecule has 7 heteroatoms. The fourth-order valence-corrected chi connectivity index (χ4v) is 4.72. The van der Waals surface area contributed by atoms with Gasteiger partial charge in [-0.25, -0.2) is 4.68 Å². The van der Waals surface area contributed by atoms with Gasteiger partial charge in [-0.3, -0.25) is 4.79 Å². The van der Waals surface area contributed by atoms with Gasteiger partial charge in [0.25, 0.3) is 0 Å². The number of hydrogen-bond donors (Lipinski definition) is 1. The molecule has 1 aromatic heterocycles. The van der Waals surface area contributed by atoms with Crippen LogP contribution in [0.25, 0.3) is 11.4 Å². The first-order chi connectivity index (χ1) is 14.1. The minimum absolute atomic E-state index is 0.119. The molecule has 3 aromatic rings. The third-order valence-corrected chi connectivity index (χ3v) is 6.43. The number of thioether (sulfide) groups is 1. The molecule has 4 rings (SSSR count). The van der Waals surface area contributed by atoms with E-state index < -0.39 is 0 Å². The van der Waals surface area contributed by atoms with Crippen molar-refractivity contribution in [1.29, 1.82) is 0 Å². The molecule has 2 aromatic carbocycles. The Hall–Kier alpha value is -2.80. The summed E-state index contributed by atoms with van der Waals surface area (Å²) in [7, 11) is 0. The van der Waals surface area contributed by atoms with Gasteiger partial charge < -0.3 is 10.3 Å². The van der Waals surface area contributed by atoms with Crippen LogP contribution in [0, 0.1) is 6.92 Å². The monoisotopic (exact) mass is 407 g/mol. The normalized spacial score (nSPS) is 18.0. The molecule has 1 aliphatic rings. The molecular formula is C22H25N5OS. The molecule has 0 unspecified atom stereocenters. The van der Waals surface area contributed by atoms with Gasteiger partial charge in [-0.15, -0.1) is 10.2 Å². The third kappa shape index (κ3) is 3.74. The molecule has 0 fully saturated rings. The first-order valence-corrected chi connectivity index (χ1v) is 10.8. The van der Waals surface area contributed by atoms with Gasteiger partial charge in [0.05, 0.1) is 6.04 Å². The van der Waals surface area contributed by atoms with Crippen molar-refractivity contribution in [2.24, 2.45) is 0 Å². The van der Waals surface area contributed by atoms with Crippen LogP contribution in [0.2, 0.25) is 0 Å². The summed E-state index contributed by atoms with van der Waals surface area (Å²) in [6.45, 7) is 7.47. The van der Waals surface area contributed by atoms with Crippen molar-refractivity contribution < 1.29 is 4.79 Å². The molecule has 29 heavy (non-hydrogen) atoms. The van der Waals surface area contributed by atoms with Crippen LogP contribution >= 0.6 is 11.8 Å². The average molecular weight is 408 g/mol. The number of carbonyl (C=O) groups excluding carboxylic acids is 1. The predicted molar refractivity (Wildman–Crippen MR) is 116 cm³/mol. The van der Waals surface area contributed by atoms with E-state index in [9.17, 15) is 4.79 Å². The van der Waals surface area contributed by atoms with Crippen molar-refractivity contribution in [3.05, 3.63) is 65.7 Å². The molecule has 1 aliphatic heterocycles. The highest BCUT2D eigenvalue weighted by molar-refractivity contribution is 8.00. The zero-order chi connectivity index (χ0) is 20.4. The van der Waals surface area contributed by atoms with E-state index in [4.69, 9.17) is 0 Å². The molecule has 0 radical (unpaired) electrons. The molecule has 2 heterocycles. The average Bonchev–Trinajstić information content (AvgIpc) is 3.18. The minimum atomic E-state index is -0.307. The summed E-state index contributed by atoms with van der Waals surface area (Å²) >= 11 is 1.48. The maximum absolute atomic E-state index is 13.3. The molecule has 6 nitrogen and oxygen atoms in total. The van der Waals surface area contributed by atoms with Gasteiger partial charge in [0, 0.05) is 18.7 Å². The summed E-state index contributed by atoms with van der Waals surface area (Å²) in [5, 5.41) is 9.15. The quantitative estimate of drug-likeness (QED) is 0.695. The number of nitrogens with zero attached hydrogens (tertiary/aromatic N) is 4. The topological polar surface area (TPSA) is 63.1 Å². The summed E-state index contributed by atoms with van der Waals surface area (Å²) in [6.07, 6.45) is 0. The smallest absolute Gasteiger partial charge is 0.238 e. The van der Waals surface area contributed by atoms with Crippen molar-refractivity contribution in [2.75, 3.05) is 18.5 Å². The highest BCUT2D eigenvalue weighted by Gasteiger charge is 2.39. The van der Waals surface area contributed by atoms with E-state index in [1.54, 1.807) is 0 Å².